The van der Waals surface area contributed by atoms with Crippen molar-refractivity contribution in [2.75, 3.05) is 0 Å². The van der Waals surface area contributed by atoms with Crippen LogP contribution >= 0.6 is 0 Å². The summed E-state index contributed by atoms with van der Waals surface area (Å²) in [5, 5.41) is 0. The molecule has 0 nitrogen and oxygen atoms in total. The summed E-state index contributed by atoms with van der Waals surface area (Å²) in [6.45, 7) is 6.18. The van der Waals surface area contributed by atoms with Crippen molar-refractivity contribution in [2.45, 2.75) is 19.8 Å². The number of aryl methyl sites for hydroxylation is 1. The highest BCUT2D eigenvalue weighted by Crippen LogP contribution is 2.13. The molecule has 92 valence electrons. The Kier molecular flexibility index (Phi) is 3.93. The number of hydrogen-bond donors (Lipinski definition) is 0. The van der Waals surface area contributed by atoms with Crippen molar-refractivity contribution in [1.29, 1.82) is 0 Å². The van der Waals surface area contributed by atoms with Gasteiger partial charge in [-0.3, -0.25) is 0 Å². The van der Waals surface area contributed by atoms with Gasteiger partial charge in [0.15, 0.2) is 0 Å². The summed E-state index contributed by atoms with van der Waals surface area (Å²) in [7, 11) is 0. The van der Waals surface area contributed by atoms with E-state index in [2.05, 4.69) is 37.8 Å². The van der Waals surface area contributed by atoms with Gasteiger partial charge in [0.05, 0.1) is 0 Å². The number of rotatable bonds is 4. The first-order valence-electron chi connectivity index (χ1n) is 6.10. The van der Waals surface area contributed by atoms with E-state index in [1.807, 2.05) is 12.1 Å². The maximum Gasteiger partial charge on any atom is 0.123 e. The Bertz CT molecular complexity index is 471. The van der Waals surface area contributed by atoms with Crippen molar-refractivity contribution >= 4 is 0 Å². The minimum atomic E-state index is -0.192. The Morgan fingerprint density at radius 1 is 0.889 bits per heavy atom. The molecule has 0 aromatic heterocycles. The lowest BCUT2D eigenvalue weighted by Gasteiger charge is -2.06. The van der Waals surface area contributed by atoms with Crippen LogP contribution in [-0.2, 0) is 12.8 Å². The first kappa shape index (κ1) is 12.6. The molecule has 0 amide bonds. The summed E-state index contributed by atoms with van der Waals surface area (Å²) < 4.78 is 12.8. The van der Waals surface area contributed by atoms with Crippen molar-refractivity contribution < 1.29 is 4.39 Å². The Labute approximate surface area is 108 Å². The van der Waals surface area contributed by atoms with Gasteiger partial charge >= 0.3 is 0 Å². The highest BCUT2D eigenvalue weighted by atomic mass is 19.1. The zero-order valence-electron chi connectivity index (χ0n) is 10.6. The molecule has 2 rings (SSSR count). The monoisotopic (exact) mass is 240 g/mol. The van der Waals surface area contributed by atoms with E-state index in [9.17, 15) is 4.39 Å². The molecule has 0 aliphatic carbocycles. The second-order valence-electron chi connectivity index (χ2n) is 4.72. The summed E-state index contributed by atoms with van der Waals surface area (Å²) in [4.78, 5) is 0. The predicted octanol–water partition coefficient (Wildman–Crippen LogP) is 4.48. The summed E-state index contributed by atoms with van der Waals surface area (Å²) in [5.41, 5.74) is 4.79. The average molecular weight is 240 g/mol. The van der Waals surface area contributed by atoms with Crippen LogP contribution in [0.4, 0.5) is 4.39 Å². The smallest absolute Gasteiger partial charge is 0.123 e. The topological polar surface area (TPSA) is 0 Å². The van der Waals surface area contributed by atoms with E-state index in [1.165, 1.54) is 23.3 Å². The normalized spacial score (nSPS) is 10.3. The van der Waals surface area contributed by atoms with Gasteiger partial charge in [-0.25, -0.2) is 4.39 Å². The molecule has 2 aromatic rings. The van der Waals surface area contributed by atoms with Gasteiger partial charge in [0, 0.05) is 0 Å². The minimum absolute atomic E-state index is 0.192. The third kappa shape index (κ3) is 3.56. The van der Waals surface area contributed by atoms with E-state index in [4.69, 9.17) is 0 Å². The standard InChI is InChI=1S/C17H17F/c1-13-3-5-15(6-4-13)11-14(2)12-16-7-9-17(18)10-8-16/h3-10H,2,11-12H2,1H3. The van der Waals surface area contributed by atoms with Crippen molar-refractivity contribution in [3.8, 4) is 0 Å². The highest BCUT2D eigenvalue weighted by molar-refractivity contribution is 5.28. The quantitative estimate of drug-likeness (QED) is 0.691. The maximum absolute atomic E-state index is 12.8. The van der Waals surface area contributed by atoms with E-state index in [1.54, 1.807) is 0 Å². The zero-order chi connectivity index (χ0) is 13.0. The minimum Gasteiger partial charge on any atom is -0.207 e. The van der Waals surface area contributed by atoms with E-state index in [0.29, 0.717) is 0 Å². The SMILES string of the molecule is C=C(Cc1ccc(C)cc1)Cc1ccc(F)cc1. The molecule has 0 heterocycles. The predicted molar refractivity (Wildman–Crippen MR) is 74.1 cm³/mol. The number of halogens is 1. The summed E-state index contributed by atoms with van der Waals surface area (Å²) in [6.07, 6.45) is 1.67. The van der Waals surface area contributed by atoms with Gasteiger partial charge in [-0.2, -0.15) is 0 Å². The van der Waals surface area contributed by atoms with E-state index in [-0.39, 0.29) is 5.82 Å². The fourth-order valence-electron chi connectivity index (χ4n) is 1.95. The average Bonchev–Trinajstić information content (AvgIpc) is 2.35. The van der Waals surface area contributed by atoms with Crippen molar-refractivity contribution in [3.63, 3.8) is 0 Å². The van der Waals surface area contributed by atoms with Crippen LogP contribution in [0.1, 0.15) is 16.7 Å². The van der Waals surface area contributed by atoms with Gasteiger partial charge in [-0.1, -0.05) is 54.1 Å². The van der Waals surface area contributed by atoms with Crippen LogP contribution in [0, 0.1) is 12.7 Å². The second kappa shape index (κ2) is 5.63. The number of allylic oxidation sites excluding steroid dienone is 1. The Balaban J connectivity index is 1.96. The fraction of sp³-hybridized carbons (Fsp3) is 0.176. The first-order chi connectivity index (χ1) is 8.63. The van der Waals surface area contributed by atoms with Crippen molar-refractivity contribution in [1.82, 2.24) is 0 Å². The number of benzene rings is 2. The summed E-state index contributed by atoms with van der Waals surface area (Å²) in [6, 6.07) is 15.1. The zero-order valence-corrected chi connectivity index (χ0v) is 10.6. The van der Waals surface area contributed by atoms with Crippen LogP contribution in [0.25, 0.3) is 0 Å². The molecule has 0 aliphatic rings. The lowest BCUT2D eigenvalue weighted by atomic mass is 9.99. The molecule has 1 heteroatoms. The second-order valence-corrected chi connectivity index (χ2v) is 4.72. The lowest BCUT2D eigenvalue weighted by Crippen LogP contribution is -1.94. The van der Waals surface area contributed by atoms with Crippen LogP contribution in [0.5, 0.6) is 0 Å². The van der Waals surface area contributed by atoms with Gasteiger partial charge in [-0.15, -0.1) is 0 Å². The lowest BCUT2D eigenvalue weighted by molar-refractivity contribution is 0.627. The molecule has 0 fully saturated rings. The fourth-order valence-corrected chi connectivity index (χ4v) is 1.95. The molecule has 2 aromatic carbocycles. The van der Waals surface area contributed by atoms with E-state index < -0.39 is 0 Å². The maximum atomic E-state index is 12.8. The highest BCUT2D eigenvalue weighted by Gasteiger charge is 2.00. The van der Waals surface area contributed by atoms with Crippen molar-refractivity contribution in [3.05, 3.63) is 83.2 Å². The first-order valence-corrected chi connectivity index (χ1v) is 6.10. The number of hydrogen-bond acceptors (Lipinski definition) is 0. The molecule has 0 saturated carbocycles. The largest absolute Gasteiger partial charge is 0.207 e. The van der Waals surface area contributed by atoms with Gasteiger partial charge in [0.25, 0.3) is 0 Å². The van der Waals surface area contributed by atoms with Crippen LogP contribution in [-0.4, -0.2) is 0 Å². The third-order valence-corrected chi connectivity index (χ3v) is 2.94. The molecule has 0 radical (unpaired) electrons. The molecule has 0 aliphatic heterocycles. The van der Waals surface area contributed by atoms with Gasteiger partial charge in [0.2, 0.25) is 0 Å². The molecule has 0 spiro atoms. The van der Waals surface area contributed by atoms with Gasteiger partial charge in [0.1, 0.15) is 5.82 Å². The van der Waals surface area contributed by atoms with Gasteiger partial charge < -0.3 is 0 Å². The van der Waals surface area contributed by atoms with Crippen molar-refractivity contribution in [2.24, 2.45) is 0 Å². The molecule has 0 saturated heterocycles. The third-order valence-electron chi connectivity index (χ3n) is 2.94. The Morgan fingerprint density at radius 3 is 1.83 bits per heavy atom. The van der Waals surface area contributed by atoms with Crippen LogP contribution in [0.2, 0.25) is 0 Å². The molecule has 0 unspecified atom stereocenters. The van der Waals surface area contributed by atoms with Crippen LogP contribution < -0.4 is 0 Å². The Hall–Kier alpha value is -1.89. The van der Waals surface area contributed by atoms with E-state index >= 15 is 0 Å². The molecule has 0 bridgehead atoms. The van der Waals surface area contributed by atoms with Crippen LogP contribution in [0.3, 0.4) is 0 Å². The summed E-state index contributed by atoms with van der Waals surface area (Å²) >= 11 is 0. The van der Waals surface area contributed by atoms with E-state index in [0.717, 1.165) is 24.0 Å². The van der Waals surface area contributed by atoms with Gasteiger partial charge in [-0.05, 0) is 43.0 Å². The summed E-state index contributed by atoms with van der Waals surface area (Å²) in [5.74, 6) is -0.192. The molecule has 0 N–H and O–H groups in total. The Morgan fingerprint density at radius 2 is 1.33 bits per heavy atom. The molecular formula is C17H17F. The molecular weight excluding hydrogens is 223 g/mol. The van der Waals surface area contributed by atoms with Crippen LogP contribution in [0.15, 0.2) is 60.7 Å². The molecule has 18 heavy (non-hydrogen) atoms. The molecule has 0 atom stereocenters.